The summed E-state index contributed by atoms with van der Waals surface area (Å²) in [6, 6.07) is 76.4. The average molecular weight is 731 g/mol. The van der Waals surface area contributed by atoms with Crippen LogP contribution in [0.4, 0.5) is 17.1 Å². The van der Waals surface area contributed by atoms with Crippen LogP contribution < -0.4 is 4.90 Å². The molecule has 0 atom stereocenters. The van der Waals surface area contributed by atoms with Gasteiger partial charge in [-0.3, -0.25) is 0 Å². The largest absolute Gasteiger partial charge is 0.322 e. The molecule has 3 heteroatoms. The molecule has 2 heterocycles. The van der Waals surface area contributed by atoms with Crippen molar-refractivity contribution in [3.05, 3.63) is 223 Å². The van der Waals surface area contributed by atoms with Crippen molar-refractivity contribution < 1.29 is 0 Å². The first-order chi connectivity index (χ1) is 27.8. The number of fused-ring (bicyclic) bond motifs is 10. The minimum atomic E-state index is -0.625. The molecule has 0 saturated heterocycles. The Morgan fingerprint density at radius 2 is 1.05 bits per heavy atom. The molecule has 0 radical (unpaired) electrons. The van der Waals surface area contributed by atoms with E-state index < -0.39 is 5.54 Å². The summed E-state index contributed by atoms with van der Waals surface area (Å²) in [6.45, 7) is 0. The van der Waals surface area contributed by atoms with Crippen LogP contribution in [0.1, 0.15) is 16.7 Å². The fourth-order valence-corrected chi connectivity index (χ4v) is 10.8. The van der Waals surface area contributed by atoms with Gasteiger partial charge in [0.1, 0.15) is 5.54 Å². The maximum Gasteiger partial charge on any atom is 0.122 e. The number of rotatable bonds is 5. The molecule has 1 aliphatic rings. The van der Waals surface area contributed by atoms with Crippen molar-refractivity contribution in [2.45, 2.75) is 5.54 Å². The zero-order valence-corrected chi connectivity index (χ0v) is 31.2. The molecule has 0 N–H and O–H groups in total. The predicted molar refractivity (Wildman–Crippen MR) is 238 cm³/mol. The summed E-state index contributed by atoms with van der Waals surface area (Å²) in [7, 11) is 0. The summed E-state index contributed by atoms with van der Waals surface area (Å²) in [5.74, 6) is 0. The van der Waals surface area contributed by atoms with Crippen molar-refractivity contribution in [3.63, 3.8) is 0 Å². The molecule has 262 valence electrons. The molecule has 56 heavy (non-hydrogen) atoms. The predicted octanol–water partition coefficient (Wildman–Crippen LogP) is 14.6. The van der Waals surface area contributed by atoms with E-state index in [4.69, 9.17) is 0 Å². The first-order valence-electron chi connectivity index (χ1n) is 19.3. The van der Waals surface area contributed by atoms with E-state index in [0.29, 0.717) is 0 Å². The lowest BCUT2D eigenvalue weighted by molar-refractivity contribution is 0.564. The fraction of sp³-hybridized carbons (Fsp3) is 0.0189. The summed E-state index contributed by atoms with van der Waals surface area (Å²) >= 11 is 1.86. The Bertz CT molecular complexity index is 3290. The number of benzene rings is 9. The van der Waals surface area contributed by atoms with Crippen LogP contribution in [0.3, 0.4) is 0 Å². The van der Waals surface area contributed by atoms with Gasteiger partial charge >= 0.3 is 0 Å². The highest BCUT2D eigenvalue weighted by Gasteiger charge is 2.47. The molecule has 11 aromatic rings. The summed E-state index contributed by atoms with van der Waals surface area (Å²) in [4.78, 5) is 2.45. The van der Waals surface area contributed by atoms with Gasteiger partial charge in [-0.05, 0) is 99.3 Å². The molecule has 0 unspecified atom stereocenters. The normalized spacial score (nSPS) is 13.1. The third kappa shape index (κ3) is 4.32. The number of para-hydroxylation sites is 2. The minimum Gasteiger partial charge on any atom is -0.322 e. The third-order valence-corrected chi connectivity index (χ3v) is 13.1. The smallest absolute Gasteiger partial charge is 0.122 e. The Labute approximate surface area is 328 Å². The standard InChI is InChI=1S/C53H34N2S/c1-2-17-38(18-3-1)54(49-26-14-28-51-52(49)43-22-9-13-27-50(43)56-51)39-31-32-48-44(34-39)42-21-8-12-25-47(42)55(48)53(37-30-29-35-15-4-5-16-36(35)33-37)45-23-10-6-19-40(45)41-20-7-11-24-46(41)53/h1-34H. The van der Waals surface area contributed by atoms with Crippen LogP contribution in [0.5, 0.6) is 0 Å². The van der Waals surface area contributed by atoms with Gasteiger partial charge in [-0.15, -0.1) is 11.3 Å². The van der Waals surface area contributed by atoms with E-state index in [1.807, 2.05) is 11.3 Å². The summed E-state index contributed by atoms with van der Waals surface area (Å²) in [5.41, 5.74) is 11.6. The van der Waals surface area contributed by atoms with Gasteiger partial charge in [-0.1, -0.05) is 146 Å². The molecule has 9 aromatic carbocycles. The minimum absolute atomic E-state index is 0.625. The van der Waals surface area contributed by atoms with Crippen molar-refractivity contribution in [1.29, 1.82) is 0 Å². The highest BCUT2D eigenvalue weighted by molar-refractivity contribution is 7.26. The van der Waals surface area contributed by atoms with Crippen LogP contribution in [0.15, 0.2) is 206 Å². The highest BCUT2D eigenvalue weighted by Crippen LogP contribution is 2.56. The van der Waals surface area contributed by atoms with Crippen LogP contribution >= 0.6 is 11.3 Å². The number of nitrogens with zero attached hydrogens (tertiary/aromatic N) is 2. The second-order valence-corrected chi connectivity index (χ2v) is 15.9. The van der Waals surface area contributed by atoms with Gasteiger partial charge in [-0.25, -0.2) is 0 Å². The average Bonchev–Trinajstić information content (AvgIpc) is 3.91. The van der Waals surface area contributed by atoms with Gasteiger partial charge in [0.25, 0.3) is 0 Å². The van der Waals surface area contributed by atoms with E-state index >= 15 is 0 Å². The Morgan fingerprint density at radius 1 is 0.411 bits per heavy atom. The summed E-state index contributed by atoms with van der Waals surface area (Å²) in [6.07, 6.45) is 0. The van der Waals surface area contributed by atoms with Crippen LogP contribution in [0.25, 0.3) is 63.9 Å². The van der Waals surface area contributed by atoms with Gasteiger partial charge in [0.05, 0.1) is 16.7 Å². The highest BCUT2D eigenvalue weighted by atomic mass is 32.1. The van der Waals surface area contributed by atoms with E-state index in [0.717, 1.165) is 11.4 Å². The van der Waals surface area contributed by atoms with Crippen molar-refractivity contribution in [1.82, 2.24) is 4.57 Å². The van der Waals surface area contributed by atoms with Gasteiger partial charge in [0, 0.05) is 42.3 Å². The lowest BCUT2D eigenvalue weighted by atomic mass is 9.79. The molecule has 0 fully saturated rings. The molecule has 0 bridgehead atoms. The number of hydrogen-bond donors (Lipinski definition) is 0. The molecule has 12 rings (SSSR count). The Kier molecular flexibility index (Phi) is 6.75. The van der Waals surface area contributed by atoms with Crippen LogP contribution in [-0.4, -0.2) is 4.57 Å². The van der Waals surface area contributed by atoms with Crippen molar-refractivity contribution in [3.8, 4) is 11.1 Å². The fourth-order valence-electron chi connectivity index (χ4n) is 9.72. The molecule has 0 aliphatic heterocycles. The first kappa shape index (κ1) is 31.4. The molecule has 0 amide bonds. The number of hydrogen-bond acceptors (Lipinski definition) is 2. The molecule has 2 aromatic heterocycles. The van der Waals surface area contributed by atoms with Gasteiger partial charge < -0.3 is 9.47 Å². The molecule has 2 nitrogen and oxygen atoms in total. The number of anilines is 3. The Hall–Kier alpha value is -6.94. The monoisotopic (exact) mass is 730 g/mol. The molecular weight excluding hydrogens is 697 g/mol. The SMILES string of the molecule is c1ccc(N(c2ccc3c(c2)c2ccccc2n3C2(c3ccc4ccccc4c3)c3ccccc3-c3ccccc32)c2cccc3sc4ccccc4c23)cc1. The molecule has 0 spiro atoms. The molecular formula is C53H34N2S. The van der Waals surface area contributed by atoms with Gasteiger partial charge in [0.15, 0.2) is 0 Å². The Morgan fingerprint density at radius 3 is 1.88 bits per heavy atom. The van der Waals surface area contributed by atoms with E-state index in [9.17, 15) is 0 Å². The van der Waals surface area contributed by atoms with Crippen molar-refractivity contribution >= 4 is 81.1 Å². The number of thiophene rings is 1. The van der Waals surface area contributed by atoms with Crippen LogP contribution in [0.2, 0.25) is 0 Å². The second kappa shape index (κ2) is 12.0. The van der Waals surface area contributed by atoms with Crippen molar-refractivity contribution in [2.75, 3.05) is 4.90 Å². The van der Waals surface area contributed by atoms with E-state index in [2.05, 4.69) is 216 Å². The summed E-state index contributed by atoms with van der Waals surface area (Å²) in [5, 5.41) is 7.52. The van der Waals surface area contributed by atoms with E-state index in [1.165, 1.54) is 86.3 Å². The van der Waals surface area contributed by atoms with E-state index in [1.54, 1.807) is 0 Å². The van der Waals surface area contributed by atoms with Crippen LogP contribution in [0, 0.1) is 0 Å². The zero-order chi connectivity index (χ0) is 36.8. The first-order valence-corrected chi connectivity index (χ1v) is 20.1. The molecule has 0 saturated carbocycles. The van der Waals surface area contributed by atoms with E-state index in [-0.39, 0.29) is 0 Å². The second-order valence-electron chi connectivity index (χ2n) is 14.8. The topological polar surface area (TPSA) is 8.17 Å². The quantitative estimate of drug-likeness (QED) is 0.171. The van der Waals surface area contributed by atoms with Crippen molar-refractivity contribution in [2.24, 2.45) is 0 Å². The maximum atomic E-state index is 2.65. The summed E-state index contributed by atoms with van der Waals surface area (Å²) < 4.78 is 5.24. The third-order valence-electron chi connectivity index (χ3n) is 12.0. The maximum absolute atomic E-state index is 2.65. The molecule has 1 aliphatic carbocycles. The van der Waals surface area contributed by atoms with Gasteiger partial charge in [0.2, 0.25) is 0 Å². The van der Waals surface area contributed by atoms with Crippen LogP contribution in [-0.2, 0) is 5.54 Å². The Balaban J connectivity index is 1.19. The zero-order valence-electron chi connectivity index (χ0n) is 30.4. The number of aromatic nitrogens is 1. The van der Waals surface area contributed by atoms with Gasteiger partial charge in [-0.2, -0.15) is 0 Å². The lowest BCUT2D eigenvalue weighted by Gasteiger charge is -2.37. The lowest BCUT2D eigenvalue weighted by Crippen LogP contribution is -2.35.